The zero-order valence-corrected chi connectivity index (χ0v) is 21.5. The van der Waals surface area contributed by atoms with Gasteiger partial charge in [0.1, 0.15) is 6.35 Å². The number of ether oxygens (including phenoxy) is 3. The standard InChI is InChI=1S/C20H32N5O9P/c1-19(2,3)16(27)31-10-33-35(29,34-11-32-17(28)20(4,5)6)12-30-8-7-25-9-22-13-14(25)23-18(21)24-15(13)26/h9H,7-8,10-12H2,1-6H3,(H3,21,23,24,26). The van der Waals surface area contributed by atoms with Crippen molar-refractivity contribution in [3.8, 4) is 0 Å². The third-order valence-electron chi connectivity index (χ3n) is 4.32. The number of rotatable bonds is 11. The van der Waals surface area contributed by atoms with Gasteiger partial charge in [0.25, 0.3) is 5.56 Å². The summed E-state index contributed by atoms with van der Waals surface area (Å²) in [6.45, 7) is 8.78. The molecule has 2 rings (SSSR count). The number of carbonyl (C=O) groups excluding carboxylic acids is 2. The summed E-state index contributed by atoms with van der Waals surface area (Å²) >= 11 is 0. The Morgan fingerprint density at radius 1 is 1.06 bits per heavy atom. The van der Waals surface area contributed by atoms with Crippen molar-refractivity contribution in [3.63, 3.8) is 0 Å². The second-order valence-electron chi connectivity index (χ2n) is 9.57. The van der Waals surface area contributed by atoms with E-state index in [9.17, 15) is 18.9 Å². The van der Waals surface area contributed by atoms with Crippen molar-refractivity contribution >= 4 is 36.6 Å². The lowest BCUT2D eigenvalue weighted by Gasteiger charge is -2.22. The highest BCUT2D eigenvalue weighted by Gasteiger charge is 2.30. The van der Waals surface area contributed by atoms with Gasteiger partial charge in [0, 0.05) is 6.54 Å². The minimum Gasteiger partial charge on any atom is -0.438 e. The van der Waals surface area contributed by atoms with E-state index in [1.807, 2.05) is 0 Å². The minimum atomic E-state index is -4.00. The second kappa shape index (κ2) is 11.3. The highest BCUT2D eigenvalue weighted by molar-refractivity contribution is 7.53. The Labute approximate surface area is 202 Å². The number of nitrogens with zero attached hydrogens (tertiary/aromatic N) is 3. The summed E-state index contributed by atoms with van der Waals surface area (Å²) in [6.07, 6.45) is 0.857. The monoisotopic (exact) mass is 517 g/mol. The fourth-order valence-corrected chi connectivity index (χ4v) is 3.34. The molecule has 0 saturated heterocycles. The van der Waals surface area contributed by atoms with E-state index < -0.39 is 55.9 Å². The fourth-order valence-electron chi connectivity index (χ4n) is 2.34. The molecule has 3 N–H and O–H groups in total. The third-order valence-corrected chi connectivity index (χ3v) is 5.82. The number of nitrogens with two attached hydrogens (primary N) is 1. The van der Waals surface area contributed by atoms with E-state index >= 15 is 0 Å². The van der Waals surface area contributed by atoms with E-state index in [1.165, 1.54) is 10.9 Å². The smallest absolute Gasteiger partial charge is 0.361 e. The number of hydrogen-bond donors (Lipinski definition) is 2. The second-order valence-corrected chi connectivity index (χ2v) is 11.6. The molecule has 0 radical (unpaired) electrons. The number of esters is 2. The van der Waals surface area contributed by atoms with E-state index in [4.69, 9.17) is 29.0 Å². The quantitative estimate of drug-likeness (QED) is 0.191. The summed E-state index contributed by atoms with van der Waals surface area (Å²) in [5.41, 5.74) is 3.88. The number of imidazole rings is 1. The van der Waals surface area contributed by atoms with Crippen LogP contribution in [0.4, 0.5) is 5.95 Å². The van der Waals surface area contributed by atoms with Crippen molar-refractivity contribution in [2.45, 2.75) is 48.1 Å². The molecule has 2 aromatic heterocycles. The Hall–Kier alpha value is -2.80. The first-order valence-corrected chi connectivity index (χ1v) is 12.4. The molecular formula is C20H32N5O9P. The van der Waals surface area contributed by atoms with Gasteiger partial charge >= 0.3 is 19.5 Å². The predicted octanol–water partition coefficient (Wildman–Crippen LogP) is 2.00. The zero-order valence-electron chi connectivity index (χ0n) is 20.7. The van der Waals surface area contributed by atoms with Gasteiger partial charge < -0.3 is 24.5 Å². The first-order chi connectivity index (χ1) is 16.1. The maximum Gasteiger partial charge on any atom is 0.361 e. The van der Waals surface area contributed by atoms with Crippen molar-refractivity contribution < 1.29 is 37.4 Å². The number of nitrogens with one attached hydrogen (secondary N) is 1. The van der Waals surface area contributed by atoms with Gasteiger partial charge in [-0.1, -0.05) is 0 Å². The minimum absolute atomic E-state index is 0.000111. The SMILES string of the molecule is CC(C)(C)C(=O)OCOP(=O)(COCCn1cnc2c(=O)[nH]c(N)nc21)OCOC(=O)C(C)(C)C. The summed E-state index contributed by atoms with van der Waals surface area (Å²) < 4.78 is 40.4. The van der Waals surface area contributed by atoms with Crippen LogP contribution in [0.2, 0.25) is 0 Å². The molecule has 0 atom stereocenters. The normalized spacial score (nSPS) is 12.6. The number of aromatic amines is 1. The lowest BCUT2D eigenvalue weighted by molar-refractivity contribution is -0.162. The van der Waals surface area contributed by atoms with Gasteiger partial charge in [-0.2, -0.15) is 4.98 Å². The highest BCUT2D eigenvalue weighted by atomic mass is 31.2. The number of aromatic nitrogens is 4. The van der Waals surface area contributed by atoms with Crippen LogP contribution in [0.25, 0.3) is 11.2 Å². The van der Waals surface area contributed by atoms with Gasteiger partial charge in [0.15, 0.2) is 11.2 Å². The maximum atomic E-state index is 13.1. The van der Waals surface area contributed by atoms with Crippen LogP contribution in [0, 0.1) is 10.8 Å². The molecule has 2 aromatic rings. The fraction of sp³-hybridized carbons (Fsp3) is 0.650. The Bertz CT molecular complexity index is 1110. The Balaban J connectivity index is 1.97. The molecule has 0 unspecified atom stereocenters. The molecule has 0 spiro atoms. The van der Waals surface area contributed by atoms with Crippen molar-refractivity contribution in [1.29, 1.82) is 0 Å². The Morgan fingerprint density at radius 2 is 1.60 bits per heavy atom. The van der Waals surface area contributed by atoms with Crippen LogP contribution in [0.3, 0.4) is 0 Å². The van der Waals surface area contributed by atoms with Gasteiger partial charge in [-0.3, -0.25) is 33.0 Å². The van der Waals surface area contributed by atoms with Gasteiger partial charge in [-0.05, 0) is 41.5 Å². The van der Waals surface area contributed by atoms with Crippen LogP contribution in [0.15, 0.2) is 11.1 Å². The number of H-pyrrole nitrogens is 1. The third kappa shape index (κ3) is 8.42. The predicted molar refractivity (Wildman–Crippen MR) is 124 cm³/mol. The van der Waals surface area contributed by atoms with E-state index in [2.05, 4.69) is 15.0 Å². The molecule has 14 nitrogen and oxygen atoms in total. The number of fused-ring (bicyclic) bond motifs is 1. The highest BCUT2D eigenvalue weighted by Crippen LogP contribution is 2.48. The summed E-state index contributed by atoms with van der Waals surface area (Å²) in [4.78, 5) is 46.1. The molecule has 0 bridgehead atoms. The van der Waals surface area contributed by atoms with Crippen molar-refractivity contribution in [1.82, 2.24) is 19.5 Å². The first kappa shape index (κ1) is 28.4. The molecule has 0 aliphatic heterocycles. The van der Waals surface area contributed by atoms with Crippen LogP contribution in [0.1, 0.15) is 41.5 Å². The summed E-state index contributed by atoms with van der Waals surface area (Å²) in [6, 6.07) is 0. The maximum absolute atomic E-state index is 13.1. The van der Waals surface area contributed by atoms with E-state index in [-0.39, 0.29) is 30.3 Å². The first-order valence-electron chi connectivity index (χ1n) is 10.6. The average Bonchev–Trinajstić information content (AvgIpc) is 3.13. The van der Waals surface area contributed by atoms with Gasteiger partial charge in [-0.25, -0.2) is 4.98 Å². The molecule has 15 heteroatoms. The molecule has 35 heavy (non-hydrogen) atoms. The van der Waals surface area contributed by atoms with E-state index in [0.717, 1.165) is 0 Å². The van der Waals surface area contributed by atoms with Crippen LogP contribution >= 0.6 is 7.60 Å². The van der Waals surface area contributed by atoms with Gasteiger partial charge in [0.2, 0.25) is 19.5 Å². The molecule has 0 fully saturated rings. The van der Waals surface area contributed by atoms with E-state index in [1.54, 1.807) is 41.5 Å². The molecule has 0 aromatic carbocycles. The molecule has 196 valence electrons. The topological polar surface area (TPSA) is 187 Å². The number of anilines is 1. The molecule has 0 aliphatic carbocycles. The molecule has 0 amide bonds. The van der Waals surface area contributed by atoms with Crippen LogP contribution in [-0.2, 0) is 44.0 Å². The van der Waals surface area contributed by atoms with Crippen LogP contribution in [0.5, 0.6) is 0 Å². The van der Waals surface area contributed by atoms with Gasteiger partial charge in [0.05, 0.1) is 23.8 Å². The summed E-state index contributed by atoms with van der Waals surface area (Å²) in [5, 5.41) is 0. The average molecular weight is 517 g/mol. The number of hydrogen-bond acceptors (Lipinski definition) is 12. The van der Waals surface area contributed by atoms with Crippen LogP contribution < -0.4 is 11.3 Å². The largest absolute Gasteiger partial charge is 0.438 e. The van der Waals surface area contributed by atoms with Crippen LogP contribution in [-0.4, -0.2) is 58.0 Å². The number of nitrogen functional groups attached to an aromatic ring is 1. The Kier molecular flexibility index (Phi) is 9.17. The molecule has 0 aliphatic rings. The molecule has 2 heterocycles. The van der Waals surface area contributed by atoms with Crippen molar-refractivity contribution in [2.24, 2.45) is 10.8 Å². The summed E-state index contributed by atoms with van der Waals surface area (Å²) in [7, 11) is -4.00. The lowest BCUT2D eigenvalue weighted by atomic mass is 9.98. The lowest BCUT2D eigenvalue weighted by Crippen LogP contribution is -2.25. The summed E-state index contributed by atoms with van der Waals surface area (Å²) in [5.74, 6) is -1.21. The number of carbonyl (C=O) groups is 2. The Morgan fingerprint density at radius 3 is 2.11 bits per heavy atom. The van der Waals surface area contributed by atoms with Crippen molar-refractivity contribution in [2.75, 3.05) is 32.3 Å². The van der Waals surface area contributed by atoms with E-state index in [0.29, 0.717) is 0 Å². The molecular weight excluding hydrogens is 485 g/mol. The van der Waals surface area contributed by atoms with Crippen molar-refractivity contribution in [3.05, 3.63) is 16.7 Å². The zero-order chi connectivity index (χ0) is 26.4. The molecule has 0 saturated carbocycles. The van der Waals surface area contributed by atoms with Gasteiger partial charge in [-0.15, -0.1) is 0 Å².